The van der Waals surface area contributed by atoms with Crippen molar-refractivity contribution in [2.24, 2.45) is 17.2 Å². The smallest absolute Gasteiger partial charge is 0.326 e. The lowest BCUT2D eigenvalue weighted by molar-refractivity contribution is -0.143. The number of aliphatic hydroxyl groups excluding tert-OH is 1. The number of rotatable bonds is 15. The first-order valence-electron chi connectivity index (χ1n) is 9.55. The molecule has 0 spiro atoms. The Morgan fingerprint density at radius 1 is 0.844 bits per heavy atom. The third kappa shape index (κ3) is 10.9. The van der Waals surface area contributed by atoms with Gasteiger partial charge in [0.15, 0.2) is 0 Å². The molecule has 0 fully saturated rings. The fourth-order valence-corrected chi connectivity index (χ4v) is 2.62. The van der Waals surface area contributed by atoms with Gasteiger partial charge in [0.2, 0.25) is 29.5 Å². The maximum Gasteiger partial charge on any atom is 0.326 e. The number of aliphatic hydroxyl groups is 1. The van der Waals surface area contributed by atoms with Gasteiger partial charge in [0.25, 0.3) is 0 Å². The van der Waals surface area contributed by atoms with Crippen LogP contribution in [-0.4, -0.2) is 81.7 Å². The lowest BCUT2D eigenvalue weighted by atomic mass is 10.1. The molecule has 0 aromatic rings. The Morgan fingerprint density at radius 3 is 1.78 bits per heavy atom. The Morgan fingerprint density at radius 2 is 1.34 bits per heavy atom. The minimum Gasteiger partial charge on any atom is -0.480 e. The number of thiol groups is 1. The summed E-state index contributed by atoms with van der Waals surface area (Å²) in [5.74, 6) is -5.78. The van der Waals surface area contributed by atoms with Gasteiger partial charge in [-0.1, -0.05) is 0 Å². The zero-order valence-corrected chi connectivity index (χ0v) is 18.3. The summed E-state index contributed by atoms with van der Waals surface area (Å²) in [4.78, 5) is 70.0. The van der Waals surface area contributed by atoms with E-state index in [1.807, 2.05) is 0 Å². The number of hydrogen-bond acceptors (Lipinski definition) is 9. The predicted octanol–water partition coefficient (Wildman–Crippen LogP) is -4.31. The van der Waals surface area contributed by atoms with E-state index >= 15 is 0 Å². The van der Waals surface area contributed by atoms with Gasteiger partial charge < -0.3 is 43.4 Å². The van der Waals surface area contributed by atoms with Gasteiger partial charge in [0.05, 0.1) is 12.1 Å². The Hall–Kier alpha value is -2.91. The molecule has 11 N–H and O–H groups in total. The summed E-state index contributed by atoms with van der Waals surface area (Å²) < 4.78 is 0. The molecule has 0 bridgehead atoms. The van der Waals surface area contributed by atoms with Crippen molar-refractivity contribution < 1.29 is 39.0 Å². The van der Waals surface area contributed by atoms with Crippen LogP contribution in [0.3, 0.4) is 0 Å². The highest BCUT2D eigenvalue weighted by molar-refractivity contribution is 7.80. The zero-order valence-electron chi connectivity index (χ0n) is 17.4. The molecule has 0 aromatic heterocycles. The molecular formula is C17H30N6O8S. The van der Waals surface area contributed by atoms with Gasteiger partial charge in [0, 0.05) is 18.6 Å². The molecular weight excluding hydrogens is 448 g/mol. The van der Waals surface area contributed by atoms with E-state index in [4.69, 9.17) is 17.2 Å². The molecule has 0 aromatic carbocycles. The van der Waals surface area contributed by atoms with E-state index in [2.05, 4.69) is 28.6 Å². The average molecular weight is 479 g/mol. The van der Waals surface area contributed by atoms with Crippen LogP contribution < -0.4 is 33.2 Å². The zero-order chi connectivity index (χ0) is 25.0. The van der Waals surface area contributed by atoms with Crippen LogP contribution in [0.15, 0.2) is 0 Å². The molecule has 0 aliphatic heterocycles. The lowest BCUT2D eigenvalue weighted by Gasteiger charge is -2.26. The molecule has 0 heterocycles. The molecule has 5 amide bonds. The summed E-state index contributed by atoms with van der Waals surface area (Å²) >= 11 is 3.96. The van der Waals surface area contributed by atoms with E-state index in [1.54, 1.807) is 0 Å². The number of aliphatic carboxylic acids is 1. The SMILES string of the molecule is CC(O)C(NC(=O)C(CS)NC(=O)C(N)CCC(N)=O)C(=O)NC(CCC(N)=O)C(=O)O. The highest BCUT2D eigenvalue weighted by Crippen LogP contribution is 2.03. The van der Waals surface area contributed by atoms with Crippen molar-refractivity contribution in [3.8, 4) is 0 Å². The molecule has 15 heteroatoms. The van der Waals surface area contributed by atoms with E-state index in [9.17, 15) is 39.0 Å². The Balaban J connectivity index is 5.15. The predicted molar refractivity (Wildman–Crippen MR) is 114 cm³/mol. The van der Waals surface area contributed by atoms with Crippen molar-refractivity contribution >= 4 is 48.1 Å². The lowest BCUT2D eigenvalue weighted by Crippen LogP contribution is -2.60. The first kappa shape index (κ1) is 29.1. The van der Waals surface area contributed by atoms with Crippen molar-refractivity contribution in [1.82, 2.24) is 16.0 Å². The van der Waals surface area contributed by atoms with Crippen LogP contribution in [0, 0.1) is 0 Å². The van der Waals surface area contributed by atoms with Crippen molar-refractivity contribution in [2.75, 3.05) is 5.75 Å². The molecule has 0 saturated carbocycles. The second-order valence-corrected chi connectivity index (χ2v) is 7.35. The van der Waals surface area contributed by atoms with Crippen LogP contribution in [0.4, 0.5) is 0 Å². The molecule has 0 radical (unpaired) electrons. The Labute approximate surface area is 189 Å². The van der Waals surface area contributed by atoms with Gasteiger partial charge in [-0.3, -0.25) is 24.0 Å². The van der Waals surface area contributed by atoms with Crippen LogP contribution in [-0.2, 0) is 28.8 Å². The molecule has 0 aliphatic carbocycles. The van der Waals surface area contributed by atoms with Crippen LogP contribution in [0.2, 0.25) is 0 Å². The Bertz CT molecular complexity index is 719. The number of hydrogen-bond donors (Lipinski definition) is 9. The molecule has 5 unspecified atom stereocenters. The van der Waals surface area contributed by atoms with Crippen molar-refractivity contribution in [3.05, 3.63) is 0 Å². The van der Waals surface area contributed by atoms with Gasteiger partial charge in [-0.25, -0.2) is 4.79 Å². The summed E-state index contributed by atoms with van der Waals surface area (Å²) in [6, 6.07) is -5.46. The molecule has 0 rings (SSSR count). The van der Waals surface area contributed by atoms with Gasteiger partial charge in [-0.15, -0.1) is 0 Å². The summed E-state index contributed by atoms with van der Waals surface area (Å²) in [6.45, 7) is 1.18. The fraction of sp³-hybridized carbons (Fsp3) is 0.647. The molecule has 0 aliphatic rings. The highest BCUT2D eigenvalue weighted by atomic mass is 32.1. The standard InChI is InChI=1S/C17H30N6O8S/c1-7(24)13(16(29)21-9(17(30)31)3-5-12(20)26)23-15(28)10(6-32)22-14(27)8(18)2-4-11(19)25/h7-10,13,24,32H,2-6,18H2,1H3,(H2,19,25)(H2,20,26)(H,21,29)(H,22,27)(H,23,28)(H,30,31). The number of carboxylic acids is 1. The van der Waals surface area contributed by atoms with Crippen LogP contribution in [0.5, 0.6) is 0 Å². The average Bonchev–Trinajstić information content (AvgIpc) is 2.69. The topological polar surface area (TPSA) is 257 Å². The molecule has 14 nitrogen and oxygen atoms in total. The molecule has 5 atom stereocenters. The van der Waals surface area contributed by atoms with Gasteiger partial charge in [-0.05, 0) is 19.8 Å². The second-order valence-electron chi connectivity index (χ2n) is 6.99. The van der Waals surface area contributed by atoms with Crippen molar-refractivity contribution in [1.29, 1.82) is 0 Å². The third-order valence-corrected chi connectivity index (χ3v) is 4.58. The molecule has 182 valence electrons. The monoisotopic (exact) mass is 478 g/mol. The summed E-state index contributed by atoms with van der Waals surface area (Å²) in [5, 5.41) is 25.7. The number of carboxylic acid groups (broad SMARTS) is 1. The van der Waals surface area contributed by atoms with E-state index < -0.39 is 65.8 Å². The normalized spacial score (nSPS) is 15.4. The number of nitrogens with two attached hydrogens (primary N) is 3. The quantitative estimate of drug-likeness (QED) is 0.103. The minimum absolute atomic E-state index is 0.0529. The minimum atomic E-state index is -1.58. The number of carbonyl (C=O) groups is 6. The van der Waals surface area contributed by atoms with Crippen LogP contribution >= 0.6 is 12.6 Å². The largest absolute Gasteiger partial charge is 0.480 e. The summed E-state index contributed by atoms with van der Waals surface area (Å²) in [6.07, 6.45) is -2.25. The van der Waals surface area contributed by atoms with E-state index in [1.165, 1.54) is 6.92 Å². The molecule has 0 saturated heterocycles. The van der Waals surface area contributed by atoms with Crippen molar-refractivity contribution in [2.45, 2.75) is 62.9 Å². The van der Waals surface area contributed by atoms with Crippen LogP contribution in [0.25, 0.3) is 0 Å². The van der Waals surface area contributed by atoms with Crippen molar-refractivity contribution in [3.63, 3.8) is 0 Å². The number of primary amides is 2. The fourth-order valence-electron chi connectivity index (χ4n) is 2.37. The summed E-state index contributed by atoms with van der Waals surface area (Å²) in [7, 11) is 0. The van der Waals surface area contributed by atoms with E-state index in [0.717, 1.165) is 0 Å². The second kappa shape index (κ2) is 14.2. The van der Waals surface area contributed by atoms with E-state index in [0.29, 0.717) is 0 Å². The van der Waals surface area contributed by atoms with Gasteiger partial charge in [-0.2, -0.15) is 12.6 Å². The van der Waals surface area contributed by atoms with Gasteiger partial charge in [0.1, 0.15) is 18.1 Å². The first-order valence-corrected chi connectivity index (χ1v) is 10.2. The number of nitrogens with one attached hydrogen (secondary N) is 3. The van der Waals surface area contributed by atoms with Gasteiger partial charge >= 0.3 is 5.97 Å². The van der Waals surface area contributed by atoms with E-state index in [-0.39, 0.29) is 31.4 Å². The number of amides is 5. The number of carbonyl (C=O) groups excluding carboxylic acids is 5. The van der Waals surface area contributed by atoms with Crippen LogP contribution in [0.1, 0.15) is 32.6 Å². The summed E-state index contributed by atoms with van der Waals surface area (Å²) in [5.41, 5.74) is 15.6. The maximum absolute atomic E-state index is 12.5. The third-order valence-electron chi connectivity index (χ3n) is 4.21. The Kier molecular flexibility index (Phi) is 12.9. The highest BCUT2D eigenvalue weighted by Gasteiger charge is 2.32. The maximum atomic E-state index is 12.5. The molecule has 32 heavy (non-hydrogen) atoms. The first-order chi connectivity index (χ1) is 14.8.